The van der Waals surface area contributed by atoms with Crippen LogP contribution in [0.5, 0.6) is 0 Å². The molecule has 150 valence electrons. The summed E-state index contributed by atoms with van der Waals surface area (Å²) in [4.78, 5) is 25.3. The van der Waals surface area contributed by atoms with E-state index in [4.69, 9.17) is 11.6 Å². The lowest BCUT2D eigenvalue weighted by atomic mass is 10.1. The number of nitrogens with one attached hydrogen (secondary N) is 2. The van der Waals surface area contributed by atoms with E-state index in [1.807, 2.05) is 6.26 Å². The van der Waals surface area contributed by atoms with Gasteiger partial charge in [0.15, 0.2) is 0 Å². The summed E-state index contributed by atoms with van der Waals surface area (Å²) in [7, 11) is 0. The van der Waals surface area contributed by atoms with E-state index in [2.05, 4.69) is 26.2 Å². The zero-order valence-electron chi connectivity index (χ0n) is 15.6. The van der Waals surface area contributed by atoms with E-state index in [0.29, 0.717) is 22.7 Å². The van der Waals surface area contributed by atoms with Crippen molar-refractivity contribution in [2.45, 2.75) is 12.5 Å². The Bertz CT molecular complexity index is 948. The van der Waals surface area contributed by atoms with Gasteiger partial charge in [-0.25, -0.2) is 4.68 Å². The SMILES string of the molecule is CSCC[C@H](NC(=O)c1ccc(Cl)cc1)C(=O)Nc1ccc(-n2cnnn2)cc1. The number of hydrogen-bond acceptors (Lipinski definition) is 6. The van der Waals surface area contributed by atoms with Gasteiger partial charge < -0.3 is 10.6 Å². The smallest absolute Gasteiger partial charge is 0.251 e. The number of halogens is 1. The van der Waals surface area contributed by atoms with Crippen molar-refractivity contribution in [1.29, 1.82) is 0 Å². The van der Waals surface area contributed by atoms with Crippen molar-refractivity contribution in [2.75, 3.05) is 17.3 Å². The molecule has 0 aliphatic heterocycles. The van der Waals surface area contributed by atoms with Crippen molar-refractivity contribution in [1.82, 2.24) is 25.5 Å². The second kappa shape index (κ2) is 10.0. The number of rotatable bonds is 8. The van der Waals surface area contributed by atoms with Crippen LogP contribution < -0.4 is 10.6 Å². The van der Waals surface area contributed by atoms with Gasteiger partial charge in [0.2, 0.25) is 5.91 Å². The zero-order valence-corrected chi connectivity index (χ0v) is 17.2. The monoisotopic (exact) mass is 430 g/mol. The van der Waals surface area contributed by atoms with Crippen LogP contribution in [0.15, 0.2) is 54.9 Å². The first-order valence-electron chi connectivity index (χ1n) is 8.76. The number of carbonyl (C=O) groups excluding carboxylic acids is 2. The number of aromatic nitrogens is 4. The minimum Gasteiger partial charge on any atom is -0.340 e. The minimum atomic E-state index is -0.662. The first-order chi connectivity index (χ1) is 14.1. The van der Waals surface area contributed by atoms with Crippen molar-refractivity contribution >= 4 is 40.9 Å². The molecule has 0 fully saturated rings. The van der Waals surface area contributed by atoms with Gasteiger partial charge in [-0.05, 0) is 77.4 Å². The molecule has 1 atom stereocenters. The highest BCUT2D eigenvalue weighted by Gasteiger charge is 2.21. The maximum absolute atomic E-state index is 12.8. The topological polar surface area (TPSA) is 102 Å². The number of anilines is 1. The normalized spacial score (nSPS) is 11.7. The van der Waals surface area contributed by atoms with Crippen LogP contribution in [0.4, 0.5) is 5.69 Å². The van der Waals surface area contributed by atoms with Crippen LogP contribution in [0.3, 0.4) is 0 Å². The Morgan fingerprint density at radius 3 is 2.48 bits per heavy atom. The standard InChI is InChI=1S/C19H19ClN6O2S/c1-29-11-10-17(23-18(27)13-2-4-14(20)5-3-13)19(28)22-15-6-8-16(9-7-15)26-12-21-24-25-26/h2-9,12,17H,10-11H2,1H3,(H,22,28)(H,23,27)/t17-/m0/s1. The largest absolute Gasteiger partial charge is 0.340 e. The maximum Gasteiger partial charge on any atom is 0.251 e. The third kappa shape index (κ3) is 5.78. The summed E-state index contributed by atoms with van der Waals surface area (Å²) in [5.74, 6) is 0.130. The van der Waals surface area contributed by atoms with Gasteiger partial charge in [-0.15, -0.1) is 5.10 Å². The molecule has 0 bridgehead atoms. The Morgan fingerprint density at radius 1 is 1.14 bits per heavy atom. The highest BCUT2D eigenvalue weighted by Crippen LogP contribution is 2.14. The van der Waals surface area contributed by atoms with E-state index < -0.39 is 6.04 Å². The predicted octanol–water partition coefficient (Wildman–Crippen LogP) is 2.81. The van der Waals surface area contributed by atoms with Crippen LogP contribution in [0.2, 0.25) is 5.02 Å². The van der Waals surface area contributed by atoms with Crippen LogP contribution >= 0.6 is 23.4 Å². The zero-order chi connectivity index (χ0) is 20.6. The van der Waals surface area contributed by atoms with E-state index in [1.54, 1.807) is 60.3 Å². The summed E-state index contributed by atoms with van der Waals surface area (Å²) in [6, 6.07) is 12.9. The Kier molecular flexibility index (Phi) is 7.20. The van der Waals surface area contributed by atoms with Crippen molar-refractivity contribution in [3.05, 3.63) is 65.4 Å². The molecule has 0 aliphatic rings. The maximum atomic E-state index is 12.8. The third-order valence-corrected chi connectivity index (χ3v) is 4.98. The van der Waals surface area contributed by atoms with E-state index in [0.717, 1.165) is 11.4 Å². The number of thioether (sulfide) groups is 1. The summed E-state index contributed by atoms with van der Waals surface area (Å²) in [6.45, 7) is 0. The molecule has 2 amide bonds. The lowest BCUT2D eigenvalue weighted by Gasteiger charge is -2.18. The molecule has 1 heterocycles. The van der Waals surface area contributed by atoms with Gasteiger partial charge in [0.1, 0.15) is 12.4 Å². The molecule has 8 nitrogen and oxygen atoms in total. The van der Waals surface area contributed by atoms with Crippen LogP contribution in [0.25, 0.3) is 5.69 Å². The Balaban J connectivity index is 1.66. The number of carbonyl (C=O) groups is 2. The van der Waals surface area contributed by atoms with Gasteiger partial charge in [0.25, 0.3) is 5.91 Å². The number of amides is 2. The van der Waals surface area contributed by atoms with Crippen LogP contribution in [0, 0.1) is 0 Å². The Labute approximate surface area is 177 Å². The first-order valence-corrected chi connectivity index (χ1v) is 10.5. The molecule has 0 spiro atoms. The van der Waals surface area contributed by atoms with E-state index >= 15 is 0 Å². The minimum absolute atomic E-state index is 0.281. The van der Waals surface area contributed by atoms with Gasteiger partial charge in [-0.2, -0.15) is 11.8 Å². The average Bonchev–Trinajstić information content (AvgIpc) is 3.27. The summed E-state index contributed by atoms with van der Waals surface area (Å²) < 4.78 is 1.51. The van der Waals surface area contributed by atoms with E-state index in [9.17, 15) is 9.59 Å². The van der Waals surface area contributed by atoms with Crippen molar-refractivity contribution < 1.29 is 9.59 Å². The Hall–Kier alpha value is -2.91. The molecule has 0 saturated heterocycles. The van der Waals surface area contributed by atoms with Crippen LogP contribution in [-0.2, 0) is 4.79 Å². The van der Waals surface area contributed by atoms with Gasteiger partial charge >= 0.3 is 0 Å². The lowest BCUT2D eigenvalue weighted by molar-refractivity contribution is -0.118. The summed E-state index contributed by atoms with van der Waals surface area (Å²) in [6.07, 6.45) is 3.95. The van der Waals surface area contributed by atoms with Crippen LogP contribution in [-0.4, -0.2) is 50.1 Å². The molecule has 1 aromatic heterocycles. The first kappa shape index (κ1) is 20.8. The predicted molar refractivity (Wildman–Crippen MR) is 113 cm³/mol. The average molecular weight is 431 g/mol. The van der Waals surface area contributed by atoms with Crippen molar-refractivity contribution in [2.24, 2.45) is 0 Å². The highest BCUT2D eigenvalue weighted by molar-refractivity contribution is 7.98. The Morgan fingerprint density at radius 2 is 1.86 bits per heavy atom. The quantitative estimate of drug-likeness (QED) is 0.569. The number of tetrazole rings is 1. The van der Waals surface area contributed by atoms with E-state index in [1.165, 1.54) is 11.0 Å². The molecule has 3 rings (SSSR count). The van der Waals surface area contributed by atoms with Gasteiger partial charge in [-0.1, -0.05) is 11.6 Å². The van der Waals surface area contributed by atoms with Crippen molar-refractivity contribution in [3.8, 4) is 5.69 Å². The lowest BCUT2D eigenvalue weighted by Crippen LogP contribution is -2.44. The number of nitrogens with zero attached hydrogens (tertiary/aromatic N) is 4. The summed E-state index contributed by atoms with van der Waals surface area (Å²) in [5, 5.41) is 17.2. The third-order valence-electron chi connectivity index (χ3n) is 4.09. The van der Waals surface area contributed by atoms with Gasteiger partial charge in [-0.3, -0.25) is 9.59 Å². The summed E-state index contributed by atoms with van der Waals surface area (Å²) >= 11 is 7.47. The van der Waals surface area contributed by atoms with Crippen molar-refractivity contribution in [3.63, 3.8) is 0 Å². The fourth-order valence-electron chi connectivity index (χ4n) is 2.55. The highest BCUT2D eigenvalue weighted by atomic mass is 35.5. The molecule has 0 radical (unpaired) electrons. The molecular formula is C19H19ClN6O2S. The fourth-order valence-corrected chi connectivity index (χ4v) is 3.15. The molecular weight excluding hydrogens is 412 g/mol. The molecule has 0 aliphatic carbocycles. The molecule has 10 heteroatoms. The molecule has 0 saturated carbocycles. The number of benzene rings is 2. The molecule has 2 aromatic carbocycles. The molecule has 3 aromatic rings. The van der Waals surface area contributed by atoms with Crippen LogP contribution in [0.1, 0.15) is 16.8 Å². The van der Waals surface area contributed by atoms with E-state index in [-0.39, 0.29) is 11.8 Å². The number of hydrogen-bond donors (Lipinski definition) is 2. The van der Waals surface area contributed by atoms with Gasteiger partial charge in [0.05, 0.1) is 5.69 Å². The molecule has 2 N–H and O–H groups in total. The molecule has 29 heavy (non-hydrogen) atoms. The molecule has 0 unspecified atom stereocenters. The fraction of sp³-hybridized carbons (Fsp3) is 0.211. The van der Waals surface area contributed by atoms with Gasteiger partial charge in [0, 0.05) is 16.3 Å². The second-order valence-corrected chi connectivity index (χ2v) is 7.53. The second-order valence-electron chi connectivity index (χ2n) is 6.10. The summed E-state index contributed by atoms with van der Waals surface area (Å²) in [5.41, 5.74) is 1.83.